The SMILES string of the molecule is CNC(=O)c1cc(C(C)C)co1. The van der Waals surface area contributed by atoms with E-state index in [4.69, 9.17) is 4.42 Å². The molecule has 3 nitrogen and oxygen atoms in total. The average molecular weight is 167 g/mol. The van der Waals surface area contributed by atoms with E-state index in [0.29, 0.717) is 11.7 Å². The Hall–Kier alpha value is -1.25. The van der Waals surface area contributed by atoms with Crippen molar-refractivity contribution in [3.8, 4) is 0 Å². The van der Waals surface area contributed by atoms with Crippen LogP contribution in [0.3, 0.4) is 0 Å². The lowest BCUT2D eigenvalue weighted by molar-refractivity contribution is 0.0935. The fraction of sp³-hybridized carbons (Fsp3) is 0.444. The van der Waals surface area contributed by atoms with Gasteiger partial charge in [0.15, 0.2) is 5.76 Å². The zero-order chi connectivity index (χ0) is 9.14. The highest BCUT2D eigenvalue weighted by Crippen LogP contribution is 2.17. The number of rotatable bonds is 2. The Morgan fingerprint density at radius 2 is 2.25 bits per heavy atom. The van der Waals surface area contributed by atoms with E-state index in [1.54, 1.807) is 19.4 Å². The van der Waals surface area contributed by atoms with Gasteiger partial charge >= 0.3 is 0 Å². The Morgan fingerprint density at radius 3 is 2.67 bits per heavy atom. The van der Waals surface area contributed by atoms with Crippen LogP contribution in [0.25, 0.3) is 0 Å². The van der Waals surface area contributed by atoms with Crippen molar-refractivity contribution >= 4 is 5.91 Å². The maximum atomic E-state index is 11.0. The zero-order valence-corrected chi connectivity index (χ0v) is 7.55. The number of nitrogens with one attached hydrogen (secondary N) is 1. The molecule has 0 radical (unpaired) electrons. The van der Waals surface area contributed by atoms with Crippen LogP contribution in [0, 0.1) is 0 Å². The van der Waals surface area contributed by atoms with Crippen molar-refractivity contribution in [2.45, 2.75) is 19.8 Å². The fourth-order valence-corrected chi connectivity index (χ4v) is 0.896. The minimum atomic E-state index is -0.179. The van der Waals surface area contributed by atoms with Gasteiger partial charge in [-0.25, -0.2) is 0 Å². The van der Waals surface area contributed by atoms with Crippen molar-refractivity contribution in [3.05, 3.63) is 23.7 Å². The van der Waals surface area contributed by atoms with Gasteiger partial charge in [0.2, 0.25) is 0 Å². The average Bonchev–Trinajstić information content (AvgIpc) is 2.51. The molecule has 0 aliphatic heterocycles. The van der Waals surface area contributed by atoms with Crippen LogP contribution in [0.5, 0.6) is 0 Å². The summed E-state index contributed by atoms with van der Waals surface area (Å²) < 4.78 is 5.07. The van der Waals surface area contributed by atoms with Crippen molar-refractivity contribution in [1.29, 1.82) is 0 Å². The van der Waals surface area contributed by atoms with Gasteiger partial charge in [-0.05, 0) is 17.5 Å². The third-order valence-electron chi connectivity index (χ3n) is 1.74. The molecule has 1 rings (SSSR count). The van der Waals surface area contributed by atoms with Gasteiger partial charge in [0.05, 0.1) is 6.26 Å². The highest BCUT2D eigenvalue weighted by atomic mass is 16.3. The predicted octanol–water partition coefficient (Wildman–Crippen LogP) is 1.76. The molecule has 0 saturated carbocycles. The molecule has 0 fully saturated rings. The first-order valence-corrected chi connectivity index (χ1v) is 3.95. The molecule has 0 aliphatic carbocycles. The Bertz CT molecular complexity index is 276. The second-order valence-electron chi connectivity index (χ2n) is 2.98. The second kappa shape index (κ2) is 3.43. The van der Waals surface area contributed by atoms with Crippen molar-refractivity contribution in [1.82, 2.24) is 5.32 Å². The molecule has 0 aromatic carbocycles. The minimum absolute atomic E-state index is 0.179. The predicted molar refractivity (Wildman–Crippen MR) is 46.2 cm³/mol. The van der Waals surface area contributed by atoms with Gasteiger partial charge in [0, 0.05) is 7.05 Å². The van der Waals surface area contributed by atoms with E-state index in [2.05, 4.69) is 19.2 Å². The number of hydrogen-bond acceptors (Lipinski definition) is 2. The standard InChI is InChI=1S/C9H13NO2/c1-6(2)7-4-8(12-5-7)9(11)10-3/h4-6H,1-3H3,(H,10,11). The van der Waals surface area contributed by atoms with E-state index in [-0.39, 0.29) is 5.91 Å². The van der Waals surface area contributed by atoms with Gasteiger partial charge in [0.1, 0.15) is 0 Å². The molecule has 1 N–H and O–H groups in total. The summed E-state index contributed by atoms with van der Waals surface area (Å²) in [6.45, 7) is 4.11. The Labute approximate surface area is 71.8 Å². The molecule has 0 saturated heterocycles. The molecule has 0 spiro atoms. The van der Waals surface area contributed by atoms with Crippen LogP contribution in [-0.2, 0) is 0 Å². The second-order valence-corrected chi connectivity index (χ2v) is 2.98. The normalized spacial score (nSPS) is 10.3. The van der Waals surface area contributed by atoms with Crippen LogP contribution in [-0.4, -0.2) is 13.0 Å². The largest absolute Gasteiger partial charge is 0.459 e. The highest BCUT2D eigenvalue weighted by Gasteiger charge is 2.10. The Kier molecular flexibility index (Phi) is 2.53. The first-order valence-electron chi connectivity index (χ1n) is 3.95. The zero-order valence-electron chi connectivity index (χ0n) is 7.55. The number of carbonyl (C=O) groups is 1. The summed E-state index contributed by atoms with van der Waals surface area (Å²) in [7, 11) is 1.58. The summed E-state index contributed by atoms with van der Waals surface area (Å²) in [5, 5.41) is 2.50. The molecule has 1 aromatic rings. The smallest absolute Gasteiger partial charge is 0.286 e. The van der Waals surface area contributed by atoms with Gasteiger partial charge in [-0.3, -0.25) is 4.79 Å². The third-order valence-corrected chi connectivity index (χ3v) is 1.74. The van der Waals surface area contributed by atoms with Gasteiger partial charge in [0.25, 0.3) is 5.91 Å². The molecule has 3 heteroatoms. The molecule has 66 valence electrons. The van der Waals surface area contributed by atoms with Crippen LogP contribution >= 0.6 is 0 Å². The summed E-state index contributed by atoms with van der Waals surface area (Å²) in [5.74, 6) is 0.593. The van der Waals surface area contributed by atoms with Crippen molar-refractivity contribution < 1.29 is 9.21 Å². The molecule has 1 aromatic heterocycles. The lowest BCUT2D eigenvalue weighted by Gasteiger charge is -1.95. The quantitative estimate of drug-likeness (QED) is 0.729. The molecule has 0 unspecified atom stereocenters. The monoisotopic (exact) mass is 167 g/mol. The van der Waals surface area contributed by atoms with Gasteiger partial charge in [-0.1, -0.05) is 13.8 Å². The van der Waals surface area contributed by atoms with Crippen LogP contribution in [0.15, 0.2) is 16.7 Å². The van der Waals surface area contributed by atoms with E-state index < -0.39 is 0 Å². The van der Waals surface area contributed by atoms with E-state index in [0.717, 1.165) is 5.56 Å². The molecule has 0 bridgehead atoms. The molecule has 12 heavy (non-hydrogen) atoms. The third kappa shape index (κ3) is 1.67. The topological polar surface area (TPSA) is 42.2 Å². The fourth-order valence-electron chi connectivity index (χ4n) is 0.896. The number of furan rings is 1. The summed E-state index contributed by atoms with van der Waals surface area (Å²) in [4.78, 5) is 11.0. The highest BCUT2D eigenvalue weighted by molar-refractivity contribution is 5.91. The Morgan fingerprint density at radius 1 is 1.58 bits per heavy atom. The van der Waals surface area contributed by atoms with Gasteiger partial charge in [-0.15, -0.1) is 0 Å². The molecular weight excluding hydrogens is 154 g/mol. The van der Waals surface area contributed by atoms with Crippen LogP contribution in [0.4, 0.5) is 0 Å². The molecule has 1 heterocycles. The van der Waals surface area contributed by atoms with Crippen molar-refractivity contribution in [2.75, 3.05) is 7.05 Å². The maximum absolute atomic E-state index is 11.0. The summed E-state index contributed by atoms with van der Waals surface area (Å²) in [5.41, 5.74) is 1.05. The summed E-state index contributed by atoms with van der Waals surface area (Å²) >= 11 is 0. The van der Waals surface area contributed by atoms with Crippen molar-refractivity contribution in [2.24, 2.45) is 0 Å². The lowest BCUT2D eigenvalue weighted by Crippen LogP contribution is -2.16. The number of hydrogen-bond donors (Lipinski definition) is 1. The maximum Gasteiger partial charge on any atom is 0.286 e. The van der Waals surface area contributed by atoms with E-state index >= 15 is 0 Å². The van der Waals surface area contributed by atoms with Gasteiger partial charge < -0.3 is 9.73 Å². The molecule has 1 amide bonds. The summed E-state index contributed by atoms with van der Waals surface area (Å²) in [6, 6.07) is 1.77. The van der Waals surface area contributed by atoms with Crippen molar-refractivity contribution in [3.63, 3.8) is 0 Å². The lowest BCUT2D eigenvalue weighted by atomic mass is 10.1. The first kappa shape index (κ1) is 8.84. The molecule has 0 aliphatic rings. The van der Waals surface area contributed by atoms with Crippen LogP contribution in [0.2, 0.25) is 0 Å². The Balaban J connectivity index is 2.84. The van der Waals surface area contributed by atoms with Crippen LogP contribution < -0.4 is 5.32 Å². The van der Waals surface area contributed by atoms with E-state index in [1.165, 1.54) is 0 Å². The van der Waals surface area contributed by atoms with Crippen LogP contribution in [0.1, 0.15) is 35.9 Å². The number of amides is 1. The molecule has 0 atom stereocenters. The van der Waals surface area contributed by atoms with E-state index in [9.17, 15) is 4.79 Å². The van der Waals surface area contributed by atoms with Gasteiger partial charge in [-0.2, -0.15) is 0 Å². The first-order chi connectivity index (χ1) is 5.65. The summed E-state index contributed by atoms with van der Waals surface area (Å²) in [6.07, 6.45) is 1.62. The minimum Gasteiger partial charge on any atom is -0.459 e. The van der Waals surface area contributed by atoms with E-state index in [1.807, 2.05) is 0 Å². The molecular formula is C9H13NO2. The number of carbonyl (C=O) groups excluding carboxylic acids is 1.